The van der Waals surface area contributed by atoms with Crippen molar-refractivity contribution in [1.82, 2.24) is 9.79 Å². The largest absolute Gasteiger partial charge is 0.494 e. The van der Waals surface area contributed by atoms with Crippen LogP contribution in [0.1, 0.15) is 65.2 Å². The van der Waals surface area contributed by atoms with Crippen LogP contribution in [0.5, 0.6) is 5.75 Å². The van der Waals surface area contributed by atoms with Gasteiger partial charge in [0.05, 0.1) is 6.61 Å². The first kappa shape index (κ1) is 29.8. The van der Waals surface area contributed by atoms with E-state index >= 15 is 0 Å². The zero-order chi connectivity index (χ0) is 27.0. The number of sulfonamides is 1. The van der Waals surface area contributed by atoms with Gasteiger partial charge in [0.1, 0.15) is 17.0 Å². The Morgan fingerprint density at radius 1 is 1.03 bits per heavy atom. The minimum atomic E-state index is -4.05. The Kier molecular flexibility index (Phi) is 10.9. The van der Waals surface area contributed by atoms with Gasteiger partial charge in [0.15, 0.2) is 0 Å². The molecule has 200 valence electrons. The number of carbonyl (C=O) groups excluding carboxylic acids is 1. The molecule has 0 aliphatic carbocycles. The molecule has 0 saturated carbocycles. The van der Waals surface area contributed by atoms with Gasteiger partial charge in [-0.25, -0.2) is 13.9 Å². The predicted molar refractivity (Wildman–Crippen MR) is 145 cm³/mol. The lowest BCUT2D eigenvalue weighted by molar-refractivity contribution is -0.134. The number of carbonyl (C=O) groups is 1. The fourth-order valence-corrected chi connectivity index (χ4v) is 6.18. The number of rotatable bonds is 14. The molecule has 36 heavy (non-hydrogen) atoms. The SMILES string of the molecule is C=CC(c1ccc2ccc(OCCC(C)C)cc2c1)S(=O)(=O)N(CCC(C)C)C(C(=O)NO)C(C)C. The molecular weight excluding hydrogens is 476 g/mol. The van der Waals surface area contributed by atoms with Crippen molar-refractivity contribution in [3.63, 3.8) is 0 Å². The minimum absolute atomic E-state index is 0.155. The molecule has 0 fully saturated rings. The Labute approximate surface area is 216 Å². The van der Waals surface area contributed by atoms with Crippen LogP contribution in [-0.4, -0.2) is 43.0 Å². The molecule has 0 aliphatic rings. The molecule has 0 saturated heterocycles. The van der Waals surface area contributed by atoms with Gasteiger partial charge < -0.3 is 4.74 Å². The Morgan fingerprint density at radius 2 is 1.67 bits per heavy atom. The number of hydrogen-bond donors (Lipinski definition) is 2. The van der Waals surface area contributed by atoms with Crippen molar-refractivity contribution in [2.75, 3.05) is 13.2 Å². The number of amides is 1. The van der Waals surface area contributed by atoms with Crippen molar-refractivity contribution in [2.45, 2.75) is 65.7 Å². The molecule has 8 heteroatoms. The van der Waals surface area contributed by atoms with Crippen molar-refractivity contribution in [2.24, 2.45) is 17.8 Å². The molecule has 2 aromatic rings. The van der Waals surface area contributed by atoms with Crippen LogP contribution in [0.15, 0.2) is 49.1 Å². The average Bonchev–Trinajstić information content (AvgIpc) is 2.80. The first-order valence-corrected chi connectivity index (χ1v) is 14.2. The van der Waals surface area contributed by atoms with E-state index in [0.29, 0.717) is 24.5 Å². The average molecular weight is 519 g/mol. The summed E-state index contributed by atoms with van der Waals surface area (Å²) >= 11 is 0. The van der Waals surface area contributed by atoms with E-state index in [2.05, 4.69) is 20.4 Å². The standard InChI is InChI=1S/C28H42N2O5S/c1-8-26(36(33,34)30(15-13-19(2)3)27(21(6)7)28(31)29-32)23-10-9-22-11-12-25(18-24(22)17-23)35-16-14-20(4)5/h8-12,17-21,26-27,32H,1,13-16H2,2-7H3,(H,29,31). The van der Waals surface area contributed by atoms with Crippen LogP contribution in [0.2, 0.25) is 0 Å². The number of nitrogens with zero attached hydrogens (tertiary/aromatic N) is 1. The Bertz CT molecular complexity index is 1130. The quantitative estimate of drug-likeness (QED) is 0.190. The molecular formula is C28H42N2O5S. The van der Waals surface area contributed by atoms with E-state index < -0.39 is 27.2 Å². The maximum atomic E-state index is 14.0. The van der Waals surface area contributed by atoms with Crippen molar-refractivity contribution >= 4 is 26.7 Å². The predicted octanol–water partition coefficient (Wildman–Crippen LogP) is 5.70. The third kappa shape index (κ3) is 7.54. The molecule has 2 atom stereocenters. The molecule has 0 heterocycles. The van der Waals surface area contributed by atoms with Gasteiger partial charge in [-0.1, -0.05) is 65.8 Å². The second-order valence-corrected chi connectivity index (χ2v) is 12.5. The number of hydroxylamine groups is 1. The highest BCUT2D eigenvalue weighted by atomic mass is 32.2. The highest BCUT2D eigenvalue weighted by Gasteiger charge is 2.40. The summed E-state index contributed by atoms with van der Waals surface area (Å²) < 4.78 is 35.2. The van der Waals surface area contributed by atoms with E-state index in [4.69, 9.17) is 4.74 Å². The summed E-state index contributed by atoms with van der Waals surface area (Å²) in [7, 11) is -4.05. The maximum Gasteiger partial charge on any atom is 0.262 e. The van der Waals surface area contributed by atoms with Crippen LogP contribution >= 0.6 is 0 Å². The molecule has 0 aliphatic heterocycles. The van der Waals surface area contributed by atoms with Gasteiger partial charge in [0, 0.05) is 6.54 Å². The molecule has 0 aromatic heterocycles. The van der Waals surface area contributed by atoms with E-state index in [1.165, 1.54) is 10.4 Å². The number of hydrogen-bond acceptors (Lipinski definition) is 5. The second-order valence-electron chi connectivity index (χ2n) is 10.5. The van der Waals surface area contributed by atoms with Gasteiger partial charge in [-0.3, -0.25) is 10.0 Å². The molecule has 0 bridgehead atoms. The Morgan fingerprint density at radius 3 is 2.22 bits per heavy atom. The fraction of sp³-hybridized carbons (Fsp3) is 0.536. The van der Waals surface area contributed by atoms with Crippen LogP contribution in [0.3, 0.4) is 0 Å². The molecule has 0 spiro atoms. The van der Waals surface area contributed by atoms with Crippen LogP contribution in [0.25, 0.3) is 10.8 Å². The molecule has 2 N–H and O–H groups in total. The van der Waals surface area contributed by atoms with E-state index in [-0.39, 0.29) is 18.4 Å². The summed E-state index contributed by atoms with van der Waals surface area (Å²) in [6.07, 6.45) is 2.91. The Balaban J connectivity index is 2.50. The normalized spacial score (nSPS) is 14.0. The van der Waals surface area contributed by atoms with E-state index in [1.54, 1.807) is 25.4 Å². The molecule has 7 nitrogen and oxygen atoms in total. The summed E-state index contributed by atoms with van der Waals surface area (Å²) in [6, 6.07) is 10.2. The van der Waals surface area contributed by atoms with Gasteiger partial charge in [-0.05, 0) is 65.1 Å². The maximum absolute atomic E-state index is 14.0. The van der Waals surface area contributed by atoms with Crippen molar-refractivity contribution in [1.29, 1.82) is 0 Å². The molecule has 2 aromatic carbocycles. The first-order chi connectivity index (χ1) is 16.9. The number of nitrogens with one attached hydrogen (secondary N) is 1. The minimum Gasteiger partial charge on any atom is -0.494 e. The molecule has 0 radical (unpaired) electrons. The summed E-state index contributed by atoms with van der Waals surface area (Å²) in [5.41, 5.74) is 2.21. The van der Waals surface area contributed by atoms with Crippen LogP contribution in [0.4, 0.5) is 0 Å². The summed E-state index contributed by atoms with van der Waals surface area (Å²) in [4.78, 5) is 12.6. The van der Waals surface area contributed by atoms with Gasteiger partial charge in [-0.15, -0.1) is 6.58 Å². The van der Waals surface area contributed by atoms with Crippen molar-refractivity contribution in [3.8, 4) is 5.75 Å². The van der Waals surface area contributed by atoms with E-state index in [1.807, 2.05) is 44.2 Å². The zero-order valence-corrected chi connectivity index (χ0v) is 23.2. The summed E-state index contributed by atoms with van der Waals surface area (Å²) in [6.45, 7) is 16.4. The van der Waals surface area contributed by atoms with Crippen LogP contribution in [-0.2, 0) is 14.8 Å². The van der Waals surface area contributed by atoms with E-state index in [9.17, 15) is 18.4 Å². The van der Waals surface area contributed by atoms with Crippen LogP contribution in [0, 0.1) is 17.8 Å². The number of fused-ring (bicyclic) bond motifs is 1. The lowest BCUT2D eigenvalue weighted by Crippen LogP contribution is -2.53. The van der Waals surface area contributed by atoms with Gasteiger partial charge >= 0.3 is 0 Å². The molecule has 1 amide bonds. The van der Waals surface area contributed by atoms with E-state index in [0.717, 1.165) is 22.9 Å². The first-order valence-electron chi connectivity index (χ1n) is 12.7. The zero-order valence-electron chi connectivity index (χ0n) is 22.4. The highest BCUT2D eigenvalue weighted by Crippen LogP contribution is 2.33. The number of ether oxygens (including phenoxy) is 1. The van der Waals surface area contributed by atoms with Gasteiger partial charge in [0.2, 0.25) is 10.0 Å². The molecule has 2 unspecified atom stereocenters. The fourth-order valence-electron chi connectivity index (χ4n) is 4.14. The van der Waals surface area contributed by atoms with Crippen molar-refractivity contribution < 1.29 is 23.2 Å². The number of benzene rings is 2. The third-order valence-electron chi connectivity index (χ3n) is 6.24. The second kappa shape index (κ2) is 13.2. The summed E-state index contributed by atoms with van der Waals surface area (Å²) in [5, 5.41) is 10.1. The summed E-state index contributed by atoms with van der Waals surface area (Å²) in [5.74, 6) is 0.395. The van der Waals surface area contributed by atoms with Gasteiger partial charge in [0.25, 0.3) is 5.91 Å². The lowest BCUT2D eigenvalue weighted by atomic mass is 10.0. The Hall–Kier alpha value is -2.42. The molecule has 2 rings (SSSR count). The third-order valence-corrected chi connectivity index (χ3v) is 8.41. The topological polar surface area (TPSA) is 95.9 Å². The van der Waals surface area contributed by atoms with Crippen molar-refractivity contribution in [3.05, 3.63) is 54.6 Å². The van der Waals surface area contributed by atoms with Crippen LogP contribution < -0.4 is 10.2 Å². The monoisotopic (exact) mass is 518 g/mol. The lowest BCUT2D eigenvalue weighted by Gasteiger charge is -2.34. The highest BCUT2D eigenvalue weighted by molar-refractivity contribution is 7.89. The smallest absolute Gasteiger partial charge is 0.262 e. The van der Waals surface area contributed by atoms with Gasteiger partial charge in [-0.2, -0.15) is 4.31 Å².